The van der Waals surface area contributed by atoms with E-state index in [0.29, 0.717) is 31.6 Å². The summed E-state index contributed by atoms with van der Waals surface area (Å²) in [6.45, 7) is 18.4. The molecule has 2 saturated heterocycles. The Morgan fingerprint density at radius 1 is 0.271 bits per heavy atom. The minimum atomic E-state index is -2.84. The summed E-state index contributed by atoms with van der Waals surface area (Å²) in [4.78, 5) is 25.4. The monoisotopic (exact) mass is 2510 g/mol. The first-order valence-corrected chi connectivity index (χ1v) is 56.2. The number of Topliss-reactive ketones (excluding diaryl/α,β-unsaturated/α-hetero) is 1. The summed E-state index contributed by atoms with van der Waals surface area (Å²) < 4.78 is 521. The lowest BCUT2D eigenvalue weighted by Crippen LogP contribution is -2.60. The Morgan fingerprint density at radius 3 is 0.564 bits per heavy atom. The lowest BCUT2D eigenvalue weighted by molar-refractivity contribution is -0.249. The zero-order chi connectivity index (χ0) is 119. The van der Waals surface area contributed by atoms with Gasteiger partial charge in [-0.05, 0) is 106 Å². The van der Waals surface area contributed by atoms with E-state index in [1.807, 2.05) is 79.7 Å². The topological polar surface area (TPSA) is 1150 Å². The lowest BCUT2D eigenvalue weighted by Gasteiger charge is -2.51. The number of piperidine rings is 2. The van der Waals surface area contributed by atoms with Crippen LogP contribution in [0.25, 0.3) is 0 Å². The number of amides is 1. The molecular weight excluding hydrogens is 2450 g/mol. The summed E-state index contributed by atoms with van der Waals surface area (Å²) in [7, 11) is -40.6. The smallest absolute Gasteiger partial charge is 0.373 e. The molecule has 70 nitrogen and oxygen atoms in total. The van der Waals surface area contributed by atoms with E-state index in [4.69, 9.17) is 281 Å². The first-order chi connectivity index (χ1) is 65.6. The fraction of sp³-hybridized carbons (Fsp3) is 0.641. The quantitative estimate of drug-likeness (QED) is 0.176. The molecule has 2 aliphatic heterocycles. The van der Waals surface area contributed by atoms with Crippen LogP contribution in [0.3, 0.4) is 0 Å². The molecule has 2 aromatic carbocycles. The van der Waals surface area contributed by atoms with Crippen molar-refractivity contribution in [1.29, 1.82) is 0 Å². The Hall–Kier alpha value is -7.98. The summed E-state index contributed by atoms with van der Waals surface area (Å²) in [6.07, 6.45) is 4.06. The fourth-order valence-electron chi connectivity index (χ4n) is 7.94. The molecule has 2 aromatic rings. The van der Waals surface area contributed by atoms with Crippen molar-refractivity contribution in [2.75, 3.05) is 21.3 Å². The van der Waals surface area contributed by atoms with Gasteiger partial charge in [0.25, 0.3) is 0 Å². The van der Waals surface area contributed by atoms with Crippen molar-refractivity contribution in [3.63, 3.8) is 0 Å². The van der Waals surface area contributed by atoms with Gasteiger partial charge in [0.05, 0.1) is 0 Å². The van der Waals surface area contributed by atoms with Crippen LogP contribution in [0.2, 0.25) is 0 Å². The number of hydroxylamine groups is 4. The molecule has 0 unspecified atom stereocenters. The highest BCUT2D eigenvalue weighted by Crippen LogP contribution is 2.41. The van der Waals surface area contributed by atoms with Crippen LogP contribution in [0.1, 0.15) is 104 Å². The van der Waals surface area contributed by atoms with Crippen molar-refractivity contribution >= 4 is 304 Å². The van der Waals surface area contributed by atoms with Crippen LogP contribution in [0.5, 0.6) is 0 Å². The molecule has 2 aliphatic rings. The highest BCUT2D eigenvalue weighted by molar-refractivity contribution is 6.75. The number of benzene rings is 2. The van der Waals surface area contributed by atoms with Gasteiger partial charge in [-0.1, -0.05) is 54.1 Å². The lowest BCUT2D eigenvalue weighted by atomic mass is 9.73. The van der Waals surface area contributed by atoms with Crippen molar-refractivity contribution < 1.29 is 301 Å². The molecule has 760 valence electrons. The van der Waals surface area contributed by atoms with Gasteiger partial charge in [-0.2, -0.15) is 10.1 Å². The second-order valence-corrected chi connectivity index (χ2v) is 27.0. The molecule has 0 spiro atoms. The normalized spacial score (nSPS) is 9.16. The van der Waals surface area contributed by atoms with Crippen molar-refractivity contribution in [3.8, 4) is 0 Å². The predicted molar refractivity (Wildman–Crippen MR) is 412 cm³/mol. The van der Waals surface area contributed by atoms with Crippen molar-refractivity contribution in [2.45, 2.75) is 130 Å². The molecule has 0 aromatic heterocycles. The molecule has 0 saturated carbocycles. The summed E-state index contributed by atoms with van der Waals surface area (Å²) in [5.74, 6) is 0.254. The zero-order valence-corrected chi connectivity index (χ0v) is 103. The second kappa shape index (κ2) is 217. The van der Waals surface area contributed by atoms with Gasteiger partial charge in [0.1, 0.15) is 5.78 Å². The van der Waals surface area contributed by atoms with Crippen LogP contribution in [0, 0.1) is 18.8 Å². The standard InChI is InChI=1S/C20H34N2O5Si.C19H29NO2.30O2Si/c1-19(2)12-16(13-20(3,4)22(19)24)18(23)21-14-15-8-10-17(11-9-15)28(25-5,26-6)27-7;1-14-6-8-15(9-7-14)10-11-17(21)16-12-18(2,3)20(22)19(4,5)13-16;30*1-3-2/h8-11,16,24H,12-14H2,1-7H3,(H,21,23);6-9,16,22H,10-13H2,1-5H3;;;;;;;;;;;;;;;;;;;;;;;;;;;;;;. The number of hydrogen-bond acceptors (Lipinski definition) is 69. The Bertz CT molecular complexity index is 3620. The number of nitrogens with one attached hydrogen (secondary N) is 1. The van der Waals surface area contributed by atoms with E-state index in [1.165, 1.54) is 21.3 Å². The minimum Gasteiger partial charge on any atom is -0.373 e. The van der Waals surface area contributed by atoms with E-state index >= 15 is 0 Å². The van der Waals surface area contributed by atoms with Crippen molar-refractivity contribution in [3.05, 3.63) is 65.2 Å². The molecule has 0 atom stereocenters. The maximum absolute atomic E-state index is 12.8. The average Bonchev–Trinajstić information content (AvgIpc) is 0.779. The molecule has 2 fully saturated rings. The number of nitrogens with zero attached hydrogens (tertiary/aromatic N) is 2. The van der Waals surface area contributed by atoms with Crippen LogP contribution in [0.4, 0.5) is 0 Å². The molecule has 101 heteroatoms. The number of carbonyl (C=O) groups is 2. The zero-order valence-electron chi connectivity index (χ0n) is 72.0. The minimum absolute atomic E-state index is 0.0210. The Morgan fingerprint density at radius 2 is 0.414 bits per heavy atom. The maximum Gasteiger partial charge on any atom is 0.549 e. The van der Waals surface area contributed by atoms with Crippen molar-refractivity contribution in [1.82, 2.24) is 15.4 Å². The molecule has 3 N–H and O–H groups in total. The first-order valence-electron chi connectivity index (χ1n) is 30.0. The predicted octanol–water partition coefficient (Wildman–Crippen LogP) is -12.4. The summed E-state index contributed by atoms with van der Waals surface area (Å²) in [5.41, 5.74) is 1.85. The molecule has 2 heterocycles. The van der Waals surface area contributed by atoms with E-state index in [0.717, 1.165) is 30.0 Å². The summed E-state index contributed by atoms with van der Waals surface area (Å²) >= 11 is 0. The fourth-order valence-corrected chi connectivity index (χ4v) is 9.73. The molecule has 0 radical (unpaired) electrons. The van der Waals surface area contributed by atoms with E-state index in [1.54, 1.807) is 21.3 Å². The Balaban J connectivity index is -0.0000000384. The molecule has 140 heavy (non-hydrogen) atoms. The van der Waals surface area contributed by atoms with E-state index in [-0.39, 0.29) is 28.8 Å². The van der Waals surface area contributed by atoms with Crippen LogP contribution in [-0.2, 0) is 304 Å². The third-order valence-electron chi connectivity index (χ3n) is 10.5. The Labute approximate surface area is 842 Å². The van der Waals surface area contributed by atoms with Gasteiger partial charge in [-0.3, -0.25) is 277 Å². The van der Waals surface area contributed by atoms with Crippen LogP contribution < -0.4 is 10.5 Å². The van der Waals surface area contributed by atoms with Crippen LogP contribution >= 0.6 is 0 Å². The second-order valence-electron chi connectivity index (χ2n) is 19.1. The van der Waals surface area contributed by atoms with Gasteiger partial charge >= 0.3 is 288 Å². The maximum atomic E-state index is 12.8. The van der Waals surface area contributed by atoms with Crippen LogP contribution in [0.15, 0.2) is 48.5 Å². The van der Waals surface area contributed by atoms with Gasteiger partial charge in [0, 0.05) is 73.5 Å². The van der Waals surface area contributed by atoms with Crippen LogP contribution in [-0.4, -0.2) is 363 Å². The van der Waals surface area contributed by atoms with Gasteiger partial charge in [-0.25, -0.2) is 0 Å². The number of ketones is 1. The number of aryl methyl sites for hydroxylation is 2. The van der Waals surface area contributed by atoms with Gasteiger partial charge in [-0.15, -0.1) is 0 Å². The highest BCUT2D eigenvalue weighted by Gasteiger charge is 2.48. The average molecular weight is 2520 g/mol. The highest BCUT2D eigenvalue weighted by atomic mass is 28.4. The number of carbonyl (C=O) groups excluding carboxylic acids is 2. The molecular formula is C39H63N3O67Si31. The van der Waals surface area contributed by atoms with Gasteiger partial charge in [0.2, 0.25) is 5.91 Å². The first kappa shape index (κ1) is 209. The molecule has 0 aliphatic carbocycles. The third kappa shape index (κ3) is 273. The van der Waals surface area contributed by atoms with Crippen molar-refractivity contribution in [2.24, 2.45) is 11.8 Å². The van der Waals surface area contributed by atoms with E-state index in [2.05, 4.69) is 36.5 Å². The SMILES string of the molecule is CO[Si](OC)(OC)c1ccc(CNC(=O)C2CC(C)(C)N(O)C(C)(C)C2)cc1.Cc1ccc(CCC(=O)C2CC(C)(C)N(O)C(C)(C)C2)cc1.O=[Si]=O.O=[Si]=O.O=[Si]=O.O=[Si]=O.O=[Si]=O.O=[Si]=O.O=[Si]=O.O=[Si]=O.O=[Si]=O.O=[Si]=O.O=[Si]=O.O=[Si]=O.O=[Si]=O.O=[Si]=O.O=[Si]=O.O=[Si]=O.O=[Si]=O.O=[Si]=O.O=[Si]=O.O=[Si]=O.O=[Si]=O.O=[Si]=O.O=[Si]=O.O=[Si]=O.O=[Si]=O.O=[Si]=O.O=[Si]=O.O=[Si]=O.O=[Si]=O.O=[Si]=O. The molecule has 0 bridgehead atoms. The molecule has 1 amide bonds. The van der Waals surface area contributed by atoms with E-state index in [9.17, 15) is 20.0 Å². The van der Waals surface area contributed by atoms with Gasteiger partial charge < -0.3 is 29.0 Å². The largest absolute Gasteiger partial charge is 0.549 e. The van der Waals surface area contributed by atoms with Gasteiger partial charge in [0.15, 0.2) is 0 Å². The summed E-state index contributed by atoms with van der Waals surface area (Å²) in [6, 6.07) is 16.1. The third-order valence-corrected chi connectivity index (χ3v) is 13.1. The number of hydrogen-bond donors (Lipinski definition) is 3. The molecule has 4 rings (SSSR count). The van der Waals surface area contributed by atoms with E-state index < -0.39 is 299 Å². The summed E-state index contributed by atoms with van der Waals surface area (Å²) in [5, 5.41) is 27.4. The Kier molecular flexibility index (Phi) is 325. The number of rotatable bonds is 11.